The van der Waals surface area contributed by atoms with E-state index in [4.69, 9.17) is 11.5 Å². The molecule has 0 aliphatic rings. The van der Waals surface area contributed by atoms with E-state index in [0.29, 0.717) is 25.2 Å². The summed E-state index contributed by atoms with van der Waals surface area (Å²) in [5, 5.41) is 23.3. The average Bonchev–Trinajstić information content (AvgIpc) is 2.59. The molecule has 0 aromatic heterocycles. The maximum Gasteiger partial charge on any atom is 0.139 e. The molecule has 0 saturated carbocycles. The van der Waals surface area contributed by atoms with Crippen molar-refractivity contribution in [2.24, 2.45) is 5.73 Å². The molecule has 2 aromatic carbocycles. The van der Waals surface area contributed by atoms with Crippen LogP contribution in [0.2, 0.25) is 0 Å². The van der Waals surface area contributed by atoms with Crippen molar-refractivity contribution in [3.8, 4) is 5.75 Å². The van der Waals surface area contributed by atoms with E-state index in [0.717, 1.165) is 22.3 Å². The smallest absolute Gasteiger partial charge is 0.139 e. The summed E-state index contributed by atoms with van der Waals surface area (Å²) in [6.07, 6.45) is -0.0723. The van der Waals surface area contributed by atoms with E-state index >= 15 is 0 Å². The van der Waals surface area contributed by atoms with Gasteiger partial charge in [-0.1, -0.05) is 42.5 Å². The Kier molecular flexibility index (Phi) is 6.58. The first-order valence-corrected chi connectivity index (χ1v) is 8.34. The Morgan fingerprint density at radius 1 is 1.24 bits per heavy atom. The van der Waals surface area contributed by atoms with E-state index < -0.39 is 6.10 Å². The van der Waals surface area contributed by atoms with Crippen molar-refractivity contribution in [1.29, 1.82) is 0 Å². The minimum atomic E-state index is -0.681. The molecule has 2 rings (SSSR count). The number of rotatable bonds is 8. The number of nitrogens with one attached hydrogen (secondary N) is 1. The molecule has 0 saturated heterocycles. The number of nitrogen functional groups attached to an aromatic ring is 1. The average molecular weight is 341 g/mol. The van der Waals surface area contributed by atoms with Gasteiger partial charge in [0.05, 0.1) is 11.8 Å². The number of aromatic hydroxyl groups is 1. The molecule has 25 heavy (non-hydrogen) atoms. The van der Waals surface area contributed by atoms with Gasteiger partial charge in [0.25, 0.3) is 0 Å². The number of aliphatic hydroxyl groups is 1. The molecule has 2 atom stereocenters. The highest BCUT2D eigenvalue weighted by molar-refractivity contribution is 5.69. The minimum Gasteiger partial charge on any atom is -0.506 e. The van der Waals surface area contributed by atoms with Crippen molar-refractivity contribution in [1.82, 2.24) is 5.32 Å². The minimum absolute atomic E-state index is 0.0404. The van der Waals surface area contributed by atoms with Crippen LogP contribution < -0.4 is 16.8 Å². The van der Waals surface area contributed by atoms with Gasteiger partial charge < -0.3 is 27.0 Å². The van der Waals surface area contributed by atoms with Crippen LogP contribution in [0, 0.1) is 0 Å². The van der Waals surface area contributed by atoms with Crippen LogP contribution in [0.1, 0.15) is 23.6 Å². The van der Waals surface area contributed by atoms with Crippen LogP contribution in [-0.4, -0.2) is 28.9 Å². The van der Waals surface area contributed by atoms with Crippen LogP contribution in [-0.2, 0) is 13.0 Å². The van der Waals surface area contributed by atoms with Crippen LogP contribution in [0.25, 0.3) is 5.57 Å². The number of nitrogens with two attached hydrogens (primary N) is 2. The maximum absolute atomic E-state index is 10.2. The molecule has 0 aliphatic carbocycles. The van der Waals surface area contributed by atoms with Gasteiger partial charge in [-0.3, -0.25) is 0 Å². The quantitative estimate of drug-likeness (QED) is 0.373. The molecular formula is C20H27N3O2. The lowest BCUT2D eigenvalue weighted by Gasteiger charge is -2.20. The summed E-state index contributed by atoms with van der Waals surface area (Å²) < 4.78 is 0. The second-order valence-electron chi connectivity index (χ2n) is 6.40. The lowest BCUT2D eigenvalue weighted by atomic mass is 10.0. The Balaban J connectivity index is 1.90. The third kappa shape index (κ3) is 5.32. The van der Waals surface area contributed by atoms with Crippen molar-refractivity contribution in [2.75, 3.05) is 12.3 Å². The second-order valence-corrected chi connectivity index (χ2v) is 6.40. The maximum atomic E-state index is 10.2. The molecule has 7 N–H and O–H groups in total. The van der Waals surface area contributed by atoms with Gasteiger partial charge in [0.15, 0.2) is 0 Å². The summed E-state index contributed by atoms with van der Waals surface area (Å²) in [5.41, 5.74) is 15.9. The molecule has 0 amide bonds. The molecule has 0 spiro atoms. The molecule has 0 radical (unpaired) electrons. The Morgan fingerprint density at radius 2 is 1.92 bits per heavy atom. The number of hydrogen-bond acceptors (Lipinski definition) is 5. The van der Waals surface area contributed by atoms with Gasteiger partial charge >= 0.3 is 0 Å². The highest BCUT2D eigenvalue weighted by Gasteiger charge is 2.15. The zero-order valence-electron chi connectivity index (χ0n) is 14.6. The van der Waals surface area contributed by atoms with Gasteiger partial charge in [-0.15, -0.1) is 0 Å². The van der Waals surface area contributed by atoms with Gasteiger partial charge in [-0.05, 0) is 42.2 Å². The van der Waals surface area contributed by atoms with E-state index in [1.165, 1.54) is 0 Å². The van der Waals surface area contributed by atoms with Gasteiger partial charge in [-0.25, -0.2) is 0 Å². The number of anilines is 1. The van der Waals surface area contributed by atoms with Crippen LogP contribution >= 0.6 is 0 Å². The standard InChI is InChI=1S/C20H27N3O2/c1-13(2)15-9-16(20(22)18(24)10-15)11-23-12-19(25)17(21)8-14-6-4-3-5-7-14/h3-7,9-10,17,19,23-25H,1,8,11-12,21-22H2,2H3. The molecule has 2 aromatic rings. The SMILES string of the molecule is C=C(C)c1cc(O)c(N)c(CNCC(O)C(N)Cc2ccccc2)c1. The van der Waals surface area contributed by atoms with Gasteiger partial charge in [0.2, 0.25) is 0 Å². The van der Waals surface area contributed by atoms with Gasteiger partial charge in [0.1, 0.15) is 5.75 Å². The summed E-state index contributed by atoms with van der Waals surface area (Å²) in [5.74, 6) is 0.0404. The number of allylic oxidation sites excluding steroid dienone is 1. The topological polar surface area (TPSA) is 105 Å². The Hall–Kier alpha value is -2.34. The van der Waals surface area contributed by atoms with Crippen molar-refractivity contribution in [2.45, 2.75) is 32.0 Å². The van der Waals surface area contributed by atoms with E-state index in [2.05, 4.69) is 11.9 Å². The summed E-state index contributed by atoms with van der Waals surface area (Å²) in [7, 11) is 0. The molecule has 0 bridgehead atoms. The third-order valence-electron chi connectivity index (χ3n) is 4.21. The van der Waals surface area contributed by atoms with Crippen LogP contribution in [0.5, 0.6) is 5.75 Å². The van der Waals surface area contributed by atoms with E-state index in [-0.39, 0.29) is 11.8 Å². The molecule has 2 unspecified atom stereocenters. The number of hydrogen-bond donors (Lipinski definition) is 5. The third-order valence-corrected chi connectivity index (χ3v) is 4.21. The van der Waals surface area contributed by atoms with Crippen molar-refractivity contribution >= 4 is 11.3 Å². The van der Waals surface area contributed by atoms with Gasteiger partial charge in [0, 0.05) is 19.1 Å². The van der Waals surface area contributed by atoms with Crippen molar-refractivity contribution in [3.63, 3.8) is 0 Å². The molecule has 0 aliphatic heterocycles. The lowest BCUT2D eigenvalue weighted by molar-refractivity contribution is 0.141. The van der Waals surface area contributed by atoms with E-state index in [1.807, 2.05) is 43.3 Å². The summed E-state index contributed by atoms with van der Waals surface area (Å²) in [4.78, 5) is 0. The largest absolute Gasteiger partial charge is 0.506 e. The van der Waals surface area contributed by atoms with E-state index in [9.17, 15) is 10.2 Å². The van der Waals surface area contributed by atoms with Crippen LogP contribution in [0.15, 0.2) is 49.0 Å². The normalized spacial score (nSPS) is 13.4. The molecule has 0 fully saturated rings. The molecule has 134 valence electrons. The fourth-order valence-corrected chi connectivity index (χ4v) is 2.62. The zero-order chi connectivity index (χ0) is 18.4. The van der Waals surface area contributed by atoms with Crippen LogP contribution in [0.3, 0.4) is 0 Å². The second kappa shape index (κ2) is 8.67. The monoisotopic (exact) mass is 341 g/mol. The van der Waals surface area contributed by atoms with Crippen molar-refractivity contribution in [3.05, 3.63) is 65.7 Å². The predicted octanol–water partition coefficient (Wildman–Crippen LogP) is 2.03. The number of phenolic OH excluding ortho intramolecular Hbond substituents is 1. The highest BCUT2D eigenvalue weighted by atomic mass is 16.3. The van der Waals surface area contributed by atoms with Gasteiger partial charge in [-0.2, -0.15) is 0 Å². The predicted molar refractivity (Wildman–Crippen MR) is 103 cm³/mol. The zero-order valence-corrected chi connectivity index (χ0v) is 14.6. The fraction of sp³-hybridized carbons (Fsp3) is 0.300. The summed E-state index contributed by atoms with van der Waals surface area (Å²) >= 11 is 0. The Bertz CT molecular complexity index is 716. The van der Waals surface area contributed by atoms with E-state index in [1.54, 1.807) is 6.07 Å². The summed E-state index contributed by atoms with van der Waals surface area (Å²) in [6.45, 7) is 6.51. The number of aliphatic hydroxyl groups excluding tert-OH is 1. The Morgan fingerprint density at radius 3 is 2.56 bits per heavy atom. The first kappa shape index (κ1) is 19.0. The number of phenols is 1. The first-order chi connectivity index (χ1) is 11.9. The lowest BCUT2D eigenvalue weighted by Crippen LogP contribution is -2.43. The summed E-state index contributed by atoms with van der Waals surface area (Å²) in [6, 6.07) is 13.0. The highest BCUT2D eigenvalue weighted by Crippen LogP contribution is 2.28. The Labute approximate surface area is 149 Å². The first-order valence-electron chi connectivity index (χ1n) is 8.34. The molecule has 5 nitrogen and oxygen atoms in total. The molecule has 5 heteroatoms. The number of benzene rings is 2. The molecular weight excluding hydrogens is 314 g/mol. The van der Waals surface area contributed by atoms with Crippen molar-refractivity contribution < 1.29 is 10.2 Å². The molecule has 0 heterocycles. The fourth-order valence-electron chi connectivity index (χ4n) is 2.62. The van der Waals surface area contributed by atoms with Crippen LogP contribution in [0.4, 0.5) is 5.69 Å².